The van der Waals surface area contributed by atoms with Gasteiger partial charge in [-0.2, -0.15) is 0 Å². The molecule has 4 atom stereocenters. The molecule has 2 amide bonds. The first-order valence-electron chi connectivity index (χ1n) is 20.3. The highest BCUT2D eigenvalue weighted by atomic mass is 32.2. The molecule has 0 saturated heterocycles. The number of methoxy groups -OCH3 is 1. The number of rotatable bonds is 21. The molecular formula is C45H55N7O8S3. The summed E-state index contributed by atoms with van der Waals surface area (Å²) in [4.78, 5) is 37.1. The van der Waals surface area contributed by atoms with E-state index < -0.39 is 56.1 Å². The Morgan fingerprint density at radius 3 is 2.05 bits per heavy atom. The molecule has 1 aromatic heterocycles. The number of sulfonamides is 2. The zero-order valence-corrected chi connectivity index (χ0v) is 38.3. The summed E-state index contributed by atoms with van der Waals surface area (Å²) >= 11 is 1.19. The quantitative estimate of drug-likeness (QED) is 0.0345. The molecule has 0 radical (unpaired) electrons. The van der Waals surface area contributed by atoms with Crippen LogP contribution in [0.3, 0.4) is 0 Å². The highest BCUT2D eigenvalue weighted by Gasteiger charge is 2.32. The molecule has 5 aromatic rings. The van der Waals surface area contributed by atoms with E-state index in [1.165, 1.54) is 24.6 Å². The maximum Gasteiger partial charge on any atom is 0.264 e. The molecule has 15 nitrogen and oxygen atoms in total. The second-order valence-electron chi connectivity index (χ2n) is 15.3. The van der Waals surface area contributed by atoms with E-state index in [0.29, 0.717) is 38.6 Å². The number of nitrogens with one attached hydrogen (secondary N) is 4. The van der Waals surface area contributed by atoms with Crippen LogP contribution in [0.15, 0.2) is 112 Å². The molecule has 4 aromatic carbocycles. The Kier molecular flexibility index (Phi) is 17.0. The van der Waals surface area contributed by atoms with Gasteiger partial charge in [0.1, 0.15) is 28.9 Å². The molecule has 336 valence electrons. The van der Waals surface area contributed by atoms with Crippen LogP contribution in [0, 0.1) is 27.7 Å². The van der Waals surface area contributed by atoms with Gasteiger partial charge >= 0.3 is 0 Å². The molecule has 5 rings (SSSR count). The van der Waals surface area contributed by atoms with Crippen molar-refractivity contribution < 1.29 is 36.3 Å². The van der Waals surface area contributed by atoms with Gasteiger partial charge in [-0.1, -0.05) is 90.5 Å². The number of nitrogens with two attached hydrogens (primary N) is 1. The van der Waals surface area contributed by atoms with Crippen molar-refractivity contribution in [2.45, 2.75) is 88.3 Å². The van der Waals surface area contributed by atoms with Crippen LogP contribution in [-0.2, 0) is 48.2 Å². The molecule has 18 heteroatoms. The lowest BCUT2D eigenvalue weighted by atomic mass is 10.0. The predicted molar refractivity (Wildman–Crippen MR) is 245 cm³/mol. The van der Waals surface area contributed by atoms with Crippen molar-refractivity contribution in [2.24, 2.45) is 10.7 Å². The summed E-state index contributed by atoms with van der Waals surface area (Å²) in [7, 11) is -6.64. The second-order valence-corrected chi connectivity index (χ2v) is 19.6. The van der Waals surface area contributed by atoms with Crippen molar-refractivity contribution in [1.82, 2.24) is 25.1 Å². The lowest BCUT2D eigenvalue weighted by molar-refractivity contribution is -0.130. The van der Waals surface area contributed by atoms with E-state index in [1.807, 2.05) is 37.3 Å². The zero-order valence-electron chi connectivity index (χ0n) is 35.9. The van der Waals surface area contributed by atoms with Crippen molar-refractivity contribution in [1.29, 1.82) is 0 Å². The van der Waals surface area contributed by atoms with E-state index in [2.05, 4.69) is 30.1 Å². The number of hydrogen-bond donors (Lipinski definition) is 6. The van der Waals surface area contributed by atoms with E-state index in [4.69, 9.17) is 10.5 Å². The predicted octanol–water partition coefficient (Wildman–Crippen LogP) is 4.44. The van der Waals surface area contributed by atoms with Gasteiger partial charge in [-0.15, -0.1) is 11.3 Å². The van der Waals surface area contributed by atoms with Gasteiger partial charge in [0.15, 0.2) is 0 Å². The van der Waals surface area contributed by atoms with Crippen molar-refractivity contribution >= 4 is 49.2 Å². The van der Waals surface area contributed by atoms with Gasteiger partial charge in [-0.25, -0.2) is 31.3 Å². The number of aliphatic imine (C=N–C) groups is 1. The van der Waals surface area contributed by atoms with E-state index in [1.54, 1.807) is 86.8 Å². The molecule has 1 unspecified atom stereocenters. The van der Waals surface area contributed by atoms with E-state index in [-0.39, 0.29) is 48.8 Å². The molecule has 0 aliphatic carbocycles. The number of amides is 2. The van der Waals surface area contributed by atoms with E-state index >= 15 is 0 Å². The van der Waals surface area contributed by atoms with E-state index in [9.17, 15) is 31.5 Å². The maximum absolute atomic E-state index is 14.4. The molecule has 0 aliphatic rings. The van der Waals surface area contributed by atoms with Gasteiger partial charge in [0.25, 0.3) is 10.0 Å². The fourth-order valence-electron chi connectivity index (χ4n) is 7.05. The van der Waals surface area contributed by atoms with Gasteiger partial charge in [0, 0.05) is 24.5 Å². The summed E-state index contributed by atoms with van der Waals surface area (Å²) in [6.07, 6.45) is 0.702. The maximum atomic E-state index is 14.4. The van der Waals surface area contributed by atoms with Gasteiger partial charge < -0.3 is 26.2 Å². The highest BCUT2D eigenvalue weighted by molar-refractivity contribution is 7.90. The Morgan fingerprint density at radius 2 is 1.43 bits per heavy atom. The molecule has 7 N–H and O–H groups in total. The van der Waals surface area contributed by atoms with Crippen molar-refractivity contribution in [3.63, 3.8) is 0 Å². The zero-order chi connectivity index (χ0) is 45.7. The Morgan fingerprint density at radius 1 is 0.825 bits per heavy atom. The van der Waals surface area contributed by atoms with Crippen LogP contribution in [0.4, 0.5) is 0 Å². The largest absolute Gasteiger partial charge is 0.496 e. The topological polar surface area (TPSA) is 231 Å². The lowest BCUT2D eigenvalue weighted by Crippen LogP contribution is -2.56. The summed E-state index contributed by atoms with van der Waals surface area (Å²) in [5.74, 6) is -1.49. The summed E-state index contributed by atoms with van der Waals surface area (Å²) in [6.45, 7) is 7.06. The normalized spacial score (nSPS) is 14.0. The van der Waals surface area contributed by atoms with Crippen LogP contribution < -0.4 is 30.5 Å². The van der Waals surface area contributed by atoms with Crippen LogP contribution in [0.25, 0.3) is 0 Å². The number of carbonyl (C=O) groups is 2. The van der Waals surface area contributed by atoms with Crippen LogP contribution in [0.1, 0.15) is 62.9 Å². The van der Waals surface area contributed by atoms with Crippen LogP contribution in [0.2, 0.25) is 0 Å². The smallest absolute Gasteiger partial charge is 0.264 e. The number of aliphatic hydroxyl groups excluding tert-OH is 1. The third-order valence-corrected chi connectivity index (χ3v) is 14.2. The number of aliphatic hydroxyl groups is 1. The standard InChI is InChI=1S/C45H55N7O8S3/c1-29-18-20-34(21-19-29)26-37(50-43(55)38(27-33-13-8-6-9-14-33)51-62(56,57)28-35-15-10-7-11-16-35)42(54)49-36(40(53)44-47-23-24-61-44)17-12-22-48-45(46)52-63(58,59)41-30(2)25-39(60-5)31(3)32(41)4/h6-11,13-16,18-21,23-25,36-38,40,51,53H,12,17,22,26-28H2,1-5H3,(H,49,54)(H,50,55)(H3,46,48,52)/t36-,37-,38+,40?/m0/s1. The number of ether oxygens (including phenoxy) is 1. The van der Waals surface area contributed by atoms with Crippen LogP contribution in [-0.4, -0.2) is 76.5 Å². The summed E-state index contributed by atoms with van der Waals surface area (Å²) in [6, 6.07) is 23.2. The summed E-state index contributed by atoms with van der Waals surface area (Å²) in [5, 5.41) is 19.3. The molecule has 1 heterocycles. The van der Waals surface area contributed by atoms with Crippen LogP contribution >= 0.6 is 11.3 Å². The summed E-state index contributed by atoms with van der Waals surface area (Å²) < 4.78 is 64.1. The third kappa shape index (κ3) is 13.9. The number of carbonyl (C=O) groups excluding carboxylic acids is 2. The lowest BCUT2D eigenvalue weighted by Gasteiger charge is -2.27. The highest BCUT2D eigenvalue weighted by Crippen LogP contribution is 2.30. The Hall–Kier alpha value is -5.66. The number of nitrogens with zero attached hydrogens (tertiary/aromatic N) is 2. The van der Waals surface area contributed by atoms with Crippen molar-refractivity contribution in [3.8, 4) is 5.75 Å². The van der Waals surface area contributed by atoms with Crippen molar-refractivity contribution in [3.05, 3.63) is 147 Å². The van der Waals surface area contributed by atoms with Gasteiger partial charge in [0.05, 0.1) is 23.8 Å². The number of aromatic nitrogens is 1. The minimum atomic E-state index is -4.11. The number of thiazole rings is 1. The molecule has 63 heavy (non-hydrogen) atoms. The van der Waals surface area contributed by atoms with Gasteiger partial charge in [-0.3, -0.25) is 14.6 Å². The number of aryl methyl sites for hydroxylation is 2. The molecule has 0 spiro atoms. The molecule has 0 aliphatic heterocycles. The number of benzene rings is 4. The SMILES string of the molecule is COc1cc(C)c(S(=O)(=O)NC(N)=NCCC[C@H](NC(=O)[C@H](Cc2ccc(C)cc2)NC(=O)[C@@H](Cc2ccccc2)NS(=O)(=O)Cc2ccccc2)C(O)c2nccs2)c(C)c1C. The van der Waals surface area contributed by atoms with Gasteiger partial charge in [0.2, 0.25) is 27.8 Å². The Balaban J connectivity index is 1.35. The molecule has 0 saturated carbocycles. The minimum Gasteiger partial charge on any atom is -0.496 e. The summed E-state index contributed by atoms with van der Waals surface area (Å²) in [5.41, 5.74) is 10.7. The molecular weight excluding hydrogens is 863 g/mol. The number of hydrogen-bond acceptors (Lipinski definition) is 11. The Labute approximate surface area is 373 Å². The van der Waals surface area contributed by atoms with Gasteiger partial charge in [-0.05, 0) is 86.4 Å². The minimum absolute atomic E-state index is 0.00368. The monoisotopic (exact) mass is 917 g/mol. The fourth-order valence-corrected chi connectivity index (χ4v) is 10.6. The average molecular weight is 918 g/mol. The first-order chi connectivity index (χ1) is 30.0. The third-order valence-electron chi connectivity index (χ3n) is 10.4. The van der Waals surface area contributed by atoms with E-state index in [0.717, 1.165) is 11.1 Å². The first-order valence-corrected chi connectivity index (χ1v) is 24.3. The second kappa shape index (κ2) is 22.1. The fraction of sp³-hybridized carbons (Fsp3) is 0.333. The van der Waals surface area contributed by atoms with Crippen LogP contribution in [0.5, 0.6) is 5.75 Å². The Bertz CT molecular complexity index is 2560. The molecule has 0 fully saturated rings. The van der Waals surface area contributed by atoms with Crippen molar-refractivity contribution in [2.75, 3.05) is 13.7 Å². The first kappa shape index (κ1) is 48.4. The number of guanidine groups is 1. The molecule has 0 bridgehead atoms. The average Bonchev–Trinajstić information content (AvgIpc) is 3.79.